The van der Waals surface area contributed by atoms with E-state index in [1.165, 1.54) is 17.0 Å². The Bertz CT molecular complexity index is 1380. The van der Waals surface area contributed by atoms with Crippen molar-refractivity contribution in [3.63, 3.8) is 0 Å². The van der Waals surface area contributed by atoms with Gasteiger partial charge in [0, 0.05) is 12.6 Å². The molecule has 1 atom stereocenters. The lowest BCUT2D eigenvalue weighted by atomic mass is 10.1. The van der Waals surface area contributed by atoms with E-state index in [9.17, 15) is 18.0 Å². The highest BCUT2D eigenvalue weighted by atomic mass is 32.2. The van der Waals surface area contributed by atoms with Crippen LogP contribution in [0, 0.1) is 0 Å². The normalized spacial score (nSPS) is 14.3. The summed E-state index contributed by atoms with van der Waals surface area (Å²) in [5.41, 5.74) is 1.21. The van der Waals surface area contributed by atoms with Crippen molar-refractivity contribution >= 4 is 27.5 Å². The van der Waals surface area contributed by atoms with Crippen molar-refractivity contribution in [2.45, 2.75) is 69.5 Å². The fourth-order valence-electron chi connectivity index (χ4n) is 5.19. The minimum atomic E-state index is -4.13. The van der Waals surface area contributed by atoms with Crippen LogP contribution in [0.4, 0.5) is 5.69 Å². The highest BCUT2D eigenvalue weighted by Crippen LogP contribution is 2.26. The van der Waals surface area contributed by atoms with E-state index in [-0.39, 0.29) is 23.4 Å². The lowest BCUT2D eigenvalue weighted by Crippen LogP contribution is -2.53. The molecule has 1 saturated carbocycles. The molecule has 4 rings (SSSR count). The molecule has 1 aliphatic rings. The predicted octanol–water partition coefficient (Wildman–Crippen LogP) is 5.15. The second-order valence-corrected chi connectivity index (χ2v) is 12.0. The van der Waals surface area contributed by atoms with Gasteiger partial charge in [-0.3, -0.25) is 13.9 Å². The van der Waals surface area contributed by atoms with Crippen molar-refractivity contribution in [1.29, 1.82) is 0 Å². The Hall–Kier alpha value is -3.85. The Morgan fingerprint density at radius 2 is 1.51 bits per heavy atom. The minimum Gasteiger partial charge on any atom is -0.494 e. The molecule has 0 radical (unpaired) electrons. The Morgan fingerprint density at radius 3 is 2.10 bits per heavy atom. The number of hydrogen-bond acceptors (Lipinski definition) is 5. The summed E-state index contributed by atoms with van der Waals surface area (Å²) in [5, 5.41) is 3.13. The predicted molar refractivity (Wildman–Crippen MR) is 160 cm³/mol. The Balaban J connectivity index is 1.67. The first kappa shape index (κ1) is 30.1. The molecule has 1 aliphatic carbocycles. The molecule has 41 heavy (non-hydrogen) atoms. The summed E-state index contributed by atoms with van der Waals surface area (Å²) >= 11 is 0. The molecule has 1 fully saturated rings. The number of nitrogens with one attached hydrogen (secondary N) is 1. The summed E-state index contributed by atoms with van der Waals surface area (Å²) in [5.74, 6) is -0.105. The number of amides is 2. The third-order valence-corrected chi connectivity index (χ3v) is 9.12. The van der Waals surface area contributed by atoms with E-state index >= 15 is 0 Å². The van der Waals surface area contributed by atoms with Crippen molar-refractivity contribution < 1.29 is 22.7 Å². The number of benzene rings is 3. The number of ether oxygens (including phenoxy) is 1. The smallest absolute Gasteiger partial charge is 0.264 e. The van der Waals surface area contributed by atoms with Gasteiger partial charge in [-0.15, -0.1) is 0 Å². The van der Waals surface area contributed by atoms with Gasteiger partial charge in [-0.25, -0.2) is 8.42 Å². The third kappa shape index (κ3) is 7.67. The zero-order valence-electron chi connectivity index (χ0n) is 23.7. The molecule has 0 aliphatic heterocycles. The fourth-order valence-corrected chi connectivity index (χ4v) is 6.61. The fraction of sp³-hybridized carbons (Fsp3) is 0.375. The Kier molecular flexibility index (Phi) is 10.4. The SMILES string of the molecule is CCOc1ccc(S(=O)(=O)N(CC(=O)N(Cc2ccccc2)[C@H](CC)C(=O)NC2CCCC2)c2ccccc2)cc1. The van der Waals surface area contributed by atoms with E-state index in [4.69, 9.17) is 4.74 Å². The first-order valence-corrected chi connectivity index (χ1v) is 15.7. The topological polar surface area (TPSA) is 96.0 Å². The summed E-state index contributed by atoms with van der Waals surface area (Å²) < 4.78 is 34.5. The van der Waals surface area contributed by atoms with Crippen molar-refractivity contribution in [2.75, 3.05) is 17.5 Å². The third-order valence-electron chi connectivity index (χ3n) is 7.33. The summed E-state index contributed by atoms with van der Waals surface area (Å²) in [7, 11) is -4.13. The van der Waals surface area contributed by atoms with Crippen LogP contribution in [0.5, 0.6) is 5.75 Å². The lowest BCUT2D eigenvalue weighted by Gasteiger charge is -2.33. The first-order chi connectivity index (χ1) is 19.8. The second-order valence-electron chi connectivity index (χ2n) is 10.2. The number of nitrogens with zero attached hydrogens (tertiary/aromatic N) is 2. The molecule has 0 saturated heterocycles. The molecular formula is C32H39N3O5S. The molecule has 0 aromatic heterocycles. The van der Waals surface area contributed by atoms with Gasteiger partial charge >= 0.3 is 0 Å². The van der Waals surface area contributed by atoms with E-state index in [0.717, 1.165) is 35.6 Å². The molecule has 218 valence electrons. The van der Waals surface area contributed by atoms with Gasteiger partial charge in [-0.05, 0) is 68.1 Å². The van der Waals surface area contributed by atoms with Crippen LogP contribution in [0.25, 0.3) is 0 Å². The van der Waals surface area contributed by atoms with Crippen LogP contribution >= 0.6 is 0 Å². The van der Waals surface area contributed by atoms with Gasteiger partial charge in [0.1, 0.15) is 18.3 Å². The van der Waals surface area contributed by atoms with Crippen LogP contribution in [-0.2, 0) is 26.2 Å². The molecule has 9 heteroatoms. The van der Waals surface area contributed by atoms with Crippen LogP contribution in [0.1, 0.15) is 51.5 Å². The van der Waals surface area contributed by atoms with Crippen LogP contribution in [0.15, 0.2) is 89.8 Å². The summed E-state index contributed by atoms with van der Waals surface area (Å²) in [6, 6.07) is 23.5. The molecule has 0 spiro atoms. The monoisotopic (exact) mass is 577 g/mol. The van der Waals surface area contributed by atoms with Crippen molar-refractivity contribution in [3.05, 3.63) is 90.5 Å². The van der Waals surface area contributed by atoms with E-state index in [0.29, 0.717) is 24.5 Å². The van der Waals surface area contributed by atoms with Crippen molar-refractivity contribution in [1.82, 2.24) is 10.2 Å². The molecule has 3 aromatic rings. The maximum absolute atomic E-state index is 14.1. The van der Waals surface area contributed by atoms with E-state index in [1.807, 2.05) is 44.2 Å². The quantitative estimate of drug-likeness (QED) is 0.303. The van der Waals surface area contributed by atoms with Crippen LogP contribution in [0.3, 0.4) is 0 Å². The van der Waals surface area contributed by atoms with Crippen molar-refractivity contribution in [3.8, 4) is 5.75 Å². The first-order valence-electron chi connectivity index (χ1n) is 14.3. The van der Waals surface area contributed by atoms with Gasteiger partial charge in [-0.2, -0.15) is 0 Å². The average Bonchev–Trinajstić information content (AvgIpc) is 3.50. The van der Waals surface area contributed by atoms with E-state index in [1.54, 1.807) is 42.5 Å². The molecular weight excluding hydrogens is 538 g/mol. The summed E-state index contributed by atoms with van der Waals surface area (Å²) in [4.78, 5) is 29.1. The average molecular weight is 578 g/mol. The summed E-state index contributed by atoms with van der Waals surface area (Å²) in [6.07, 6.45) is 4.40. The zero-order valence-corrected chi connectivity index (χ0v) is 24.6. The molecule has 0 unspecified atom stereocenters. The zero-order chi connectivity index (χ0) is 29.2. The number of carbonyl (C=O) groups excluding carboxylic acids is 2. The van der Waals surface area contributed by atoms with Gasteiger partial charge in [0.05, 0.1) is 17.2 Å². The second kappa shape index (κ2) is 14.2. The van der Waals surface area contributed by atoms with Gasteiger partial charge in [0.25, 0.3) is 10.0 Å². The van der Waals surface area contributed by atoms with Gasteiger partial charge in [0.15, 0.2) is 0 Å². The highest BCUT2D eigenvalue weighted by Gasteiger charge is 2.34. The largest absolute Gasteiger partial charge is 0.494 e. The van der Waals surface area contributed by atoms with Crippen LogP contribution in [0.2, 0.25) is 0 Å². The van der Waals surface area contributed by atoms with Gasteiger partial charge in [0.2, 0.25) is 11.8 Å². The maximum Gasteiger partial charge on any atom is 0.264 e. The van der Waals surface area contributed by atoms with Gasteiger partial charge in [-0.1, -0.05) is 68.3 Å². The molecule has 8 nitrogen and oxygen atoms in total. The summed E-state index contributed by atoms with van der Waals surface area (Å²) in [6.45, 7) is 3.91. The number of rotatable bonds is 13. The Labute approximate surface area is 243 Å². The van der Waals surface area contributed by atoms with E-state index in [2.05, 4.69) is 5.32 Å². The van der Waals surface area contributed by atoms with Crippen LogP contribution in [-0.4, -0.2) is 50.4 Å². The van der Waals surface area contributed by atoms with Gasteiger partial charge < -0.3 is 15.0 Å². The number of sulfonamides is 1. The molecule has 3 aromatic carbocycles. The molecule has 0 heterocycles. The molecule has 0 bridgehead atoms. The lowest BCUT2D eigenvalue weighted by molar-refractivity contribution is -0.140. The Morgan fingerprint density at radius 1 is 0.902 bits per heavy atom. The minimum absolute atomic E-state index is 0.0400. The van der Waals surface area contributed by atoms with Crippen LogP contribution < -0.4 is 14.4 Å². The number of carbonyl (C=O) groups is 2. The van der Waals surface area contributed by atoms with Crippen molar-refractivity contribution in [2.24, 2.45) is 0 Å². The van der Waals surface area contributed by atoms with E-state index < -0.39 is 28.5 Å². The highest BCUT2D eigenvalue weighted by molar-refractivity contribution is 7.92. The standard InChI is InChI=1S/C32H39N3O5S/c1-3-30(32(37)33-26-15-11-12-16-26)34(23-25-13-7-5-8-14-25)31(36)24-35(27-17-9-6-10-18-27)41(38,39)29-21-19-28(20-22-29)40-4-2/h5-10,13-14,17-22,26,30H,3-4,11-12,15-16,23-24H2,1-2H3,(H,33,37)/t30-/m1/s1. The number of para-hydroxylation sites is 1. The maximum atomic E-state index is 14.1. The number of anilines is 1. The molecule has 2 amide bonds. The number of hydrogen-bond donors (Lipinski definition) is 1. The molecule has 1 N–H and O–H groups in total.